The largest absolute Gasteiger partial charge is 0.399 e. The Morgan fingerprint density at radius 3 is 1.94 bits per heavy atom. The second-order valence-corrected chi connectivity index (χ2v) is 10.0. The van der Waals surface area contributed by atoms with Crippen molar-refractivity contribution in [2.75, 3.05) is 24.4 Å². The number of rotatable bonds is 11. The molecule has 0 radical (unpaired) electrons. The predicted molar refractivity (Wildman–Crippen MR) is 77.9 cm³/mol. The quantitative estimate of drug-likeness (QED) is 0.264. The van der Waals surface area contributed by atoms with E-state index in [0.29, 0.717) is 5.92 Å². The molecule has 17 heavy (non-hydrogen) atoms. The smallest absolute Gasteiger partial charge is 0.140 e. The van der Waals surface area contributed by atoms with E-state index in [1.807, 2.05) is 0 Å². The maximum absolute atomic E-state index is 9.30. The molecule has 0 saturated carbocycles. The van der Waals surface area contributed by atoms with E-state index in [0.717, 1.165) is 18.2 Å². The van der Waals surface area contributed by atoms with Gasteiger partial charge in [-0.15, -0.1) is 0 Å². The molecule has 0 spiro atoms. The molecule has 0 heterocycles. The van der Waals surface area contributed by atoms with E-state index in [1.165, 1.54) is 25.7 Å². The van der Waals surface area contributed by atoms with Gasteiger partial charge in [-0.25, -0.2) is 0 Å². The summed E-state index contributed by atoms with van der Waals surface area (Å²) in [6.07, 6.45) is 5.94. The molecule has 1 atom stereocenters. The number of unbranched alkanes of at least 4 members (excludes halogenated alkanes) is 3. The SMILES string of the molecule is CC(CCCCCCS)C[Si](CO)(CO)CO. The number of aliphatic hydroxyl groups excluding tert-OH is 3. The van der Waals surface area contributed by atoms with Crippen LogP contribution in [0.25, 0.3) is 0 Å². The lowest BCUT2D eigenvalue weighted by Crippen LogP contribution is -2.49. The van der Waals surface area contributed by atoms with Gasteiger partial charge in [0.25, 0.3) is 0 Å². The first-order chi connectivity index (χ1) is 8.14. The van der Waals surface area contributed by atoms with Crippen LogP contribution >= 0.6 is 12.6 Å². The Balaban J connectivity index is 3.79. The Hall–Kier alpha value is 0.447. The maximum Gasteiger partial charge on any atom is 0.140 e. The molecule has 3 nitrogen and oxygen atoms in total. The van der Waals surface area contributed by atoms with Crippen LogP contribution in [-0.2, 0) is 0 Å². The lowest BCUT2D eigenvalue weighted by atomic mass is 10.0. The third kappa shape index (κ3) is 7.46. The van der Waals surface area contributed by atoms with Crippen LogP contribution in [0.1, 0.15) is 39.0 Å². The zero-order valence-corrected chi connectivity index (χ0v) is 12.8. The van der Waals surface area contributed by atoms with Crippen LogP contribution < -0.4 is 0 Å². The number of thiol groups is 1. The van der Waals surface area contributed by atoms with Crippen LogP contribution in [0.15, 0.2) is 0 Å². The van der Waals surface area contributed by atoms with Crippen molar-refractivity contribution >= 4 is 20.7 Å². The van der Waals surface area contributed by atoms with Gasteiger partial charge in [0.15, 0.2) is 0 Å². The fraction of sp³-hybridized carbons (Fsp3) is 1.00. The Labute approximate surface area is 112 Å². The minimum Gasteiger partial charge on any atom is -0.399 e. The van der Waals surface area contributed by atoms with Crippen LogP contribution in [0.5, 0.6) is 0 Å². The van der Waals surface area contributed by atoms with Gasteiger partial charge in [-0.1, -0.05) is 32.6 Å². The van der Waals surface area contributed by atoms with Crippen molar-refractivity contribution in [2.24, 2.45) is 5.92 Å². The summed E-state index contributed by atoms with van der Waals surface area (Å²) in [5.74, 6) is 1.45. The highest BCUT2D eigenvalue weighted by atomic mass is 32.1. The lowest BCUT2D eigenvalue weighted by Gasteiger charge is -2.28. The van der Waals surface area contributed by atoms with E-state index in [9.17, 15) is 15.3 Å². The molecule has 0 aromatic rings. The average molecular weight is 281 g/mol. The van der Waals surface area contributed by atoms with Crippen LogP contribution in [-0.4, -0.2) is 47.8 Å². The van der Waals surface area contributed by atoms with Gasteiger partial charge in [0, 0.05) is 18.7 Å². The van der Waals surface area contributed by atoms with Gasteiger partial charge in [0.05, 0.1) is 0 Å². The highest BCUT2D eigenvalue weighted by molar-refractivity contribution is 7.80. The summed E-state index contributed by atoms with van der Waals surface area (Å²) >= 11 is 4.18. The third-order valence-electron chi connectivity index (χ3n) is 3.39. The minimum atomic E-state index is -2.20. The number of aliphatic hydroxyl groups is 3. The van der Waals surface area contributed by atoms with Crippen molar-refractivity contribution in [1.29, 1.82) is 0 Å². The molecule has 0 saturated heterocycles. The second-order valence-electron chi connectivity index (χ2n) is 5.21. The van der Waals surface area contributed by atoms with Crippen molar-refractivity contribution in [3.8, 4) is 0 Å². The highest BCUT2D eigenvalue weighted by Crippen LogP contribution is 2.21. The van der Waals surface area contributed by atoms with Gasteiger partial charge in [0.2, 0.25) is 0 Å². The summed E-state index contributed by atoms with van der Waals surface area (Å²) in [5.41, 5.74) is 0. The maximum atomic E-state index is 9.30. The second kappa shape index (κ2) is 10.4. The Morgan fingerprint density at radius 2 is 1.47 bits per heavy atom. The van der Waals surface area contributed by atoms with E-state index in [2.05, 4.69) is 19.6 Å². The molecule has 0 aliphatic heterocycles. The molecule has 0 fully saturated rings. The molecule has 0 aliphatic carbocycles. The van der Waals surface area contributed by atoms with E-state index in [4.69, 9.17) is 0 Å². The molecule has 0 bridgehead atoms. The molecule has 1 unspecified atom stereocenters. The van der Waals surface area contributed by atoms with Crippen LogP contribution in [0.2, 0.25) is 6.04 Å². The van der Waals surface area contributed by atoms with E-state index < -0.39 is 8.07 Å². The summed E-state index contributed by atoms with van der Waals surface area (Å²) in [6.45, 7) is 2.15. The van der Waals surface area contributed by atoms with Gasteiger partial charge >= 0.3 is 0 Å². The summed E-state index contributed by atoms with van der Waals surface area (Å²) in [5, 5.41) is 27.9. The molecule has 104 valence electrons. The molecule has 0 aromatic carbocycles. The van der Waals surface area contributed by atoms with Gasteiger partial charge in [-0.2, -0.15) is 12.6 Å². The standard InChI is InChI=1S/C12H28O3SSi/c1-12(6-4-2-3-5-7-16)8-17(9-13,10-14)11-15/h12-16H,2-11H2,1H3. The first kappa shape index (κ1) is 17.4. The molecule has 0 aromatic heterocycles. The van der Waals surface area contributed by atoms with Crippen LogP contribution in [0.3, 0.4) is 0 Å². The van der Waals surface area contributed by atoms with Crippen molar-refractivity contribution in [1.82, 2.24) is 0 Å². The summed E-state index contributed by atoms with van der Waals surface area (Å²) in [4.78, 5) is 0. The Kier molecular flexibility index (Phi) is 10.6. The third-order valence-corrected chi connectivity index (χ3v) is 7.28. The average Bonchev–Trinajstić information content (AvgIpc) is 2.36. The molecular formula is C12H28O3SSi. The first-order valence-electron chi connectivity index (χ1n) is 6.57. The lowest BCUT2D eigenvalue weighted by molar-refractivity contribution is 0.283. The van der Waals surface area contributed by atoms with Crippen molar-refractivity contribution < 1.29 is 15.3 Å². The Morgan fingerprint density at radius 1 is 0.941 bits per heavy atom. The van der Waals surface area contributed by atoms with Gasteiger partial charge in [0.1, 0.15) is 8.07 Å². The topological polar surface area (TPSA) is 60.7 Å². The van der Waals surface area contributed by atoms with E-state index >= 15 is 0 Å². The molecule has 3 N–H and O–H groups in total. The van der Waals surface area contributed by atoms with Gasteiger partial charge in [-0.3, -0.25) is 0 Å². The normalized spacial score (nSPS) is 13.9. The molecule has 0 aliphatic rings. The molecule has 0 amide bonds. The summed E-state index contributed by atoms with van der Waals surface area (Å²) in [6, 6.07) is 0.822. The van der Waals surface area contributed by atoms with Crippen molar-refractivity contribution in [2.45, 2.75) is 45.1 Å². The minimum absolute atomic E-state index is 0.00993. The fourth-order valence-corrected chi connectivity index (χ4v) is 4.74. The van der Waals surface area contributed by atoms with Crippen molar-refractivity contribution in [3.05, 3.63) is 0 Å². The Bertz CT molecular complexity index is 169. The summed E-state index contributed by atoms with van der Waals surface area (Å²) < 4.78 is 0. The highest BCUT2D eigenvalue weighted by Gasteiger charge is 2.32. The molecule has 5 heteroatoms. The van der Waals surface area contributed by atoms with Crippen molar-refractivity contribution in [3.63, 3.8) is 0 Å². The predicted octanol–water partition coefficient (Wildman–Crippen LogP) is 1.55. The number of hydrogen-bond donors (Lipinski definition) is 4. The van der Waals surface area contributed by atoms with E-state index in [1.54, 1.807) is 0 Å². The summed E-state index contributed by atoms with van der Waals surface area (Å²) in [7, 11) is -2.20. The molecule has 0 rings (SSSR count). The monoisotopic (exact) mass is 280 g/mol. The first-order valence-corrected chi connectivity index (χ1v) is 10.0. The van der Waals surface area contributed by atoms with Gasteiger partial charge < -0.3 is 15.3 Å². The fourth-order valence-electron chi connectivity index (χ4n) is 2.14. The zero-order valence-electron chi connectivity index (χ0n) is 10.9. The molecular weight excluding hydrogens is 252 g/mol. The van der Waals surface area contributed by atoms with Gasteiger partial charge in [-0.05, 0) is 24.1 Å². The van der Waals surface area contributed by atoms with Crippen LogP contribution in [0, 0.1) is 5.92 Å². The zero-order chi connectivity index (χ0) is 13.1. The number of hydrogen-bond acceptors (Lipinski definition) is 4. The van der Waals surface area contributed by atoms with E-state index in [-0.39, 0.29) is 18.7 Å². The van der Waals surface area contributed by atoms with Crippen LogP contribution in [0.4, 0.5) is 0 Å².